The summed E-state index contributed by atoms with van der Waals surface area (Å²) in [4.78, 5) is 29.6. The van der Waals surface area contributed by atoms with E-state index in [4.69, 9.17) is 17.0 Å². The average molecular weight is 441 g/mol. The number of amides is 2. The molecule has 7 nitrogen and oxygen atoms in total. The molecule has 1 heterocycles. The van der Waals surface area contributed by atoms with Gasteiger partial charge in [0.25, 0.3) is 11.8 Å². The first-order valence-corrected chi connectivity index (χ1v) is 10.8. The molecule has 8 heteroatoms. The summed E-state index contributed by atoms with van der Waals surface area (Å²) in [5.74, 6) is 0.241. The normalized spacial score (nSPS) is 14.1. The lowest BCUT2D eigenvalue weighted by Crippen LogP contribution is -2.47. The molecule has 0 aliphatic carbocycles. The number of ether oxygens (including phenoxy) is 1. The van der Waals surface area contributed by atoms with Crippen LogP contribution in [0.4, 0.5) is 5.69 Å². The van der Waals surface area contributed by atoms with Crippen molar-refractivity contribution >= 4 is 34.8 Å². The fourth-order valence-electron chi connectivity index (χ4n) is 3.23. The maximum Gasteiger partial charge on any atom is 0.257 e. The van der Waals surface area contributed by atoms with Crippen LogP contribution in [0, 0.1) is 0 Å². The molecule has 164 valence electrons. The maximum absolute atomic E-state index is 13.0. The van der Waals surface area contributed by atoms with Gasteiger partial charge in [0.2, 0.25) is 0 Å². The summed E-state index contributed by atoms with van der Waals surface area (Å²) >= 11 is 5.33. The zero-order valence-corrected chi connectivity index (χ0v) is 18.7. The Balaban J connectivity index is 1.64. The Morgan fingerprint density at radius 1 is 1.06 bits per heavy atom. The molecule has 2 aromatic carbocycles. The molecule has 0 radical (unpaired) electrons. The predicted octanol–water partition coefficient (Wildman–Crippen LogP) is 2.99. The SMILES string of the molecule is CCCOc1cccc(C(=O)NC(=S)Nc2ccccc2C(=O)N2CCN(C)CC2)c1. The van der Waals surface area contributed by atoms with E-state index in [1.807, 2.05) is 37.1 Å². The molecule has 0 saturated carbocycles. The second-order valence-corrected chi connectivity index (χ2v) is 7.83. The lowest BCUT2D eigenvalue weighted by molar-refractivity contribution is 0.0665. The highest BCUT2D eigenvalue weighted by molar-refractivity contribution is 7.80. The summed E-state index contributed by atoms with van der Waals surface area (Å²) in [5, 5.41) is 5.80. The molecule has 3 rings (SSSR count). The summed E-state index contributed by atoms with van der Waals surface area (Å²) in [6.45, 7) is 5.66. The van der Waals surface area contributed by atoms with Crippen LogP contribution >= 0.6 is 12.2 Å². The second kappa shape index (κ2) is 10.9. The van der Waals surface area contributed by atoms with Gasteiger partial charge in [0.1, 0.15) is 5.75 Å². The molecule has 2 N–H and O–H groups in total. The van der Waals surface area contributed by atoms with Gasteiger partial charge in [-0.3, -0.25) is 14.9 Å². The van der Waals surface area contributed by atoms with Crippen LogP contribution in [0.5, 0.6) is 5.75 Å². The Labute approximate surface area is 188 Å². The van der Waals surface area contributed by atoms with E-state index in [1.54, 1.807) is 30.3 Å². The number of nitrogens with one attached hydrogen (secondary N) is 2. The van der Waals surface area contributed by atoms with Gasteiger partial charge in [0.15, 0.2) is 5.11 Å². The summed E-state index contributed by atoms with van der Waals surface area (Å²) < 4.78 is 5.58. The minimum atomic E-state index is -0.345. The molecule has 2 amide bonds. The van der Waals surface area contributed by atoms with Crippen molar-refractivity contribution in [2.75, 3.05) is 45.2 Å². The third kappa shape index (κ3) is 6.26. The molecule has 1 aliphatic rings. The topological polar surface area (TPSA) is 73.9 Å². The van der Waals surface area contributed by atoms with E-state index in [1.165, 1.54) is 0 Å². The fraction of sp³-hybridized carbons (Fsp3) is 0.348. The van der Waals surface area contributed by atoms with Gasteiger partial charge in [0, 0.05) is 31.7 Å². The first kappa shape index (κ1) is 22.7. The molecule has 1 aliphatic heterocycles. The van der Waals surface area contributed by atoms with Crippen LogP contribution in [0.15, 0.2) is 48.5 Å². The van der Waals surface area contributed by atoms with Crippen LogP contribution < -0.4 is 15.4 Å². The molecule has 31 heavy (non-hydrogen) atoms. The van der Waals surface area contributed by atoms with Crippen molar-refractivity contribution in [3.05, 3.63) is 59.7 Å². The van der Waals surface area contributed by atoms with Crippen molar-refractivity contribution in [1.82, 2.24) is 15.1 Å². The molecular formula is C23H28N4O3S. The Bertz CT molecular complexity index is 942. The Hall–Kier alpha value is -2.97. The highest BCUT2D eigenvalue weighted by Crippen LogP contribution is 2.19. The first-order chi connectivity index (χ1) is 15.0. The van der Waals surface area contributed by atoms with Gasteiger partial charge < -0.3 is 19.9 Å². The number of carbonyl (C=O) groups excluding carboxylic acids is 2. The Kier molecular flexibility index (Phi) is 7.97. The van der Waals surface area contributed by atoms with Gasteiger partial charge in [-0.05, 0) is 56.0 Å². The zero-order chi connectivity index (χ0) is 22.2. The van der Waals surface area contributed by atoms with Crippen molar-refractivity contribution in [1.29, 1.82) is 0 Å². The third-order valence-electron chi connectivity index (χ3n) is 4.99. The summed E-state index contributed by atoms with van der Waals surface area (Å²) in [5.41, 5.74) is 1.54. The van der Waals surface area contributed by atoms with E-state index in [0.29, 0.717) is 42.3 Å². The predicted molar refractivity (Wildman–Crippen MR) is 126 cm³/mol. The fourth-order valence-corrected chi connectivity index (χ4v) is 3.44. The number of benzene rings is 2. The number of likely N-dealkylation sites (N-methyl/N-ethyl adjacent to an activating group) is 1. The molecule has 1 saturated heterocycles. The van der Waals surface area contributed by atoms with Crippen molar-refractivity contribution < 1.29 is 14.3 Å². The van der Waals surface area contributed by atoms with Gasteiger partial charge in [-0.2, -0.15) is 0 Å². The first-order valence-electron chi connectivity index (χ1n) is 10.4. The van der Waals surface area contributed by atoms with Crippen LogP contribution in [0.1, 0.15) is 34.1 Å². The number of carbonyl (C=O) groups is 2. The van der Waals surface area contributed by atoms with Crippen LogP contribution in [0.2, 0.25) is 0 Å². The third-order valence-corrected chi connectivity index (χ3v) is 5.20. The minimum absolute atomic E-state index is 0.0499. The standard InChI is InChI=1S/C23H28N4O3S/c1-3-15-30-18-8-6-7-17(16-18)21(28)25-23(31)24-20-10-5-4-9-19(20)22(29)27-13-11-26(2)12-14-27/h4-10,16H,3,11-15H2,1-2H3,(H2,24,25,28,31). The number of thiocarbonyl (C=S) groups is 1. The quantitative estimate of drug-likeness (QED) is 0.673. The monoisotopic (exact) mass is 440 g/mol. The summed E-state index contributed by atoms with van der Waals surface area (Å²) in [6.07, 6.45) is 0.886. The van der Waals surface area contributed by atoms with Gasteiger partial charge >= 0.3 is 0 Å². The van der Waals surface area contributed by atoms with E-state index in [2.05, 4.69) is 15.5 Å². The lowest BCUT2D eigenvalue weighted by Gasteiger charge is -2.32. The smallest absolute Gasteiger partial charge is 0.257 e. The molecular weight excluding hydrogens is 412 g/mol. The second-order valence-electron chi connectivity index (χ2n) is 7.43. The van der Waals surface area contributed by atoms with E-state index >= 15 is 0 Å². The molecule has 0 unspecified atom stereocenters. The average Bonchev–Trinajstić information content (AvgIpc) is 2.78. The van der Waals surface area contributed by atoms with E-state index in [-0.39, 0.29) is 16.9 Å². The summed E-state index contributed by atoms with van der Waals surface area (Å²) in [6, 6.07) is 14.1. The Morgan fingerprint density at radius 2 is 1.81 bits per heavy atom. The number of hydrogen-bond donors (Lipinski definition) is 2. The number of hydrogen-bond acceptors (Lipinski definition) is 5. The largest absolute Gasteiger partial charge is 0.494 e. The molecule has 0 spiro atoms. The molecule has 0 aromatic heterocycles. The zero-order valence-electron chi connectivity index (χ0n) is 17.9. The highest BCUT2D eigenvalue weighted by Gasteiger charge is 2.22. The van der Waals surface area contributed by atoms with Gasteiger partial charge in [-0.15, -0.1) is 0 Å². The number of piperazine rings is 1. The highest BCUT2D eigenvalue weighted by atomic mass is 32.1. The van der Waals surface area contributed by atoms with Gasteiger partial charge in [-0.25, -0.2) is 0 Å². The van der Waals surface area contributed by atoms with E-state index in [0.717, 1.165) is 19.5 Å². The van der Waals surface area contributed by atoms with Crippen molar-refractivity contribution in [2.24, 2.45) is 0 Å². The molecule has 0 bridgehead atoms. The minimum Gasteiger partial charge on any atom is -0.494 e. The van der Waals surface area contributed by atoms with Crippen molar-refractivity contribution in [2.45, 2.75) is 13.3 Å². The summed E-state index contributed by atoms with van der Waals surface area (Å²) in [7, 11) is 2.05. The number of anilines is 1. The van der Waals surface area contributed by atoms with Crippen molar-refractivity contribution in [3.63, 3.8) is 0 Å². The van der Waals surface area contributed by atoms with E-state index in [9.17, 15) is 9.59 Å². The lowest BCUT2D eigenvalue weighted by atomic mass is 10.1. The van der Waals surface area contributed by atoms with Crippen LogP contribution in [-0.4, -0.2) is 66.6 Å². The number of para-hydroxylation sites is 1. The molecule has 0 atom stereocenters. The Morgan fingerprint density at radius 3 is 2.55 bits per heavy atom. The van der Waals surface area contributed by atoms with Crippen LogP contribution in [-0.2, 0) is 0 Å². The molecule has 1 fully saturated rings. The molecule has 2 aromatic rings. The van der Waals surface area contributed by atoms with Gasteiger partial charge in [-0.1, -0.05) is 25.1 Å². The maximum atomic E-state index is 13.0. The number of nitrogens with zero attached hydrogens (tertiary/aromatic N) is 2. The van der Waals surface area contributed by atoms with Crippen LogP contribution in [0.25, 0.3) is 0 Å². The van der Waals surface area contributed by atoms with Gasteiger partial charge in [0.05, 0.1) is 17.9 Å². The van der Waals surface area contributed by atoms with Crippen LogP contribution in [0.3, 0.4) is 0 Å². The van der Waals surface area contributed by atoms with Crippen molar-refractivity contribution in [3.8, 4) is 5.75 Å². The number of rotatable bonds is 6. The van der Waals surface area contributed by atoms with E-state index < -0.39 is 0 Å².